The Balaban J connectivity index is 0.00000300. The molecule has 0 unspecified atom stereocenters. The maximum Gasteiger partial charge on any atom is 0.236 e. The van der Waals surface area contributed by atoms with E-state index in [1.807, 2.05) is 48.5 Å². The summed E-state index contributed by atoms with van der Waals surface area (Å²) in [5, 5.41) is 7.00. The van der Waals surface area contributed by atoms with Crippen LogP contribution < -0.4 is 14.9 Å². The van der Waals surface area contributed by atoms with E-state index in [0.29, 0.717) is 25.6 Å². The number of hydrogen-bond acceptors (Lipinski definition) is 3. The van der Waals surface area contributed by atoms with Crippen LogP contribution in [0.3, 0.4) is 0 Å². The third-order valence-corrected chi connectivity index (χ3v) is 6.70. The predicted octanol–water partition coefficient (Wildman–Crippen LogP) is 3.06. The van der Waals surface area contributed by atoms with E-state index in [1.165, 1.54) is 9.87 Å². The Labute approximate surface area is 194 Å². The first-order valence-corrected chi connectivity index (χ1v) is 11.3. The van der Waals surface area contributed by atoms with E-state index in [4.69, 9.17) is 11.6 Å². The standard InChI is InChI=1S/C20H25ClN4O2S.HI/c1-22-20(23-12-10-16-6-8-18(21)9-7-16)24-13-15-28(26,27)25-14-11-17-4-2-3-5-19(17)25;/h2-9H,10-15H2,1H3,(H2,22,23,24);1H. The molecule has 6 nitrogen and oxygen atoms in total. The van der Waals surface area contributed by atoms with E-state index >= 15 is 0 Å². The highest BCUT2D eigenvalue weighted by molar-refractivity contribution is 14.0. The molecule has 1 aliphatic heterocycles. The van der Waals surface area contributed by atoms with Gasteiger partial charge in [-0.3, -0.25) is 9.30 Å². The van der Waals surface area contributed by atoms with Crippen LogP contribution >= 0.6 is 35.6 Å². The van der Waals surface area contributed by atoms with Crippen molar-refractivity contribution in [3.05, 3.63) is 64.7 Å². The van der Waals surface area contributed by atoms with Gasteiger partial charge in [0.05, 0.1) is 11.4 Å². The van der Waals surface area contributed by atoms with Crippen LogP contribution in [0, 0.1) is 0 Å². The van der Waals surface area contributed by atoms with Gasteiger partial charge in [0.2, 0.25) is 10.0 Å². The normalized spacial score (nSPS) is 13.6. The van der Waals surface area contributed by atoms with E-state index in [0.717, 1.165) is 29.1 Å². The number of sulfonamides is 1. The molecule has 0 fully saturated rings. The Bertz CT molecular complexity index is 936. The number of nitrogens with one attached hydrogen (secondary N) is 2. The van der Waals surface area contributed by atoms with Gasteiger partial charge < -0.3 is 10.6 Å². The van der Waals surface area contributed by atoms with Gasteiger partial charge in [0.1, 0.15) is 0 Å². The van der Waals surface area contributed by atoms with Gasteiger partial charge in [-0.05, 0) is 42.2 Å². The Kier molecular flexibility index (Phi) is 9.04. The van der Waals surface area contributed by atoms with Crippen molar-refractivity contribution in [1.29, 1.82) is 0 Å². The molecule has 2 aromatic carbocycles. The van der Waals surface area contributed by atoms with Crippen molar-refractivity contribution < 1.29 is 8.42 Å². The number of aliphatic imine (C=N–C) groups is 1. The summed E-state index contributed by atoms with van der Waals surface area (Å²) in [4.78, 5) is 4.15. The number of fused-ring (bicyclic) bond motifs is 1. The highest BCUT2D eigenvalue weighted by Gasteiger charge is 2.28. The zero-order valence-electron chi connectivity index (χ0n) is 16.3. The molecule has 1 aliphatic rings. The summed E-state index contributed by atoms with van der Waals surface area (Å²) in [6, 6.07) is 15.4. The van der Waals surface area contributed by atoms with Crippen molar-refractivity contribution in [2.45, 2.75) is 12.8 Å². The number of benzene rings is 2. The molecule has 0 aliphatic carbocycles. The first kappa shape index (κ1) is 23.8. The molecule has 3 rings (SSSR count). The SMILES string of the molecule is CN=C(NCCc1ccc(Cl)cc1)NCCS(=O)(=O)N1CCc2ccccc21.I. The fourth-order valence-electron chi connectivity index (χ4n) is 3.20. The van der Waals surface area contributed by atoms with Crippen LogP contribution in [-0.2, 0) is 22.9 Å². The van der Waals surface area contributed by atoms with Crippen molar-refractivity contribution >= 4 is 57.2 Å². The van der Waals surface area contributed by atoms with Crippen LogP contribution in [0.4, 0.5) is 5.69 Å². The van der Waals surface area contributed by atoms with Crippen LogP contribution in [-0.4, -0.2) is 46.8 Å². The van der Waals surface area contributed by atoms with E-state index in [2.05, 4.69) is 15.6 Å². The van der Waals surface area contributed by atoms with E-state index in [1.54, 1.807) is 7.05 Å². The van der Waals surface area contributed by atoms with Crippen molar-refractivity contribution in [2.24, 2.45) is 4.99 Å². The van der Waals surface area contributed by atoms with E-state index < -0.39 is 10.0 Å². The molecule has 0 saturated carbocycles. The molecule has 0 bridgehead atoms. The average Bonchev–Trinajstić information content (AvgIpc) is 3.13. The number of hydrogen-bond donors (Lipinski definition) is 2. The van der Waals surface area contributed by atoms with E-state index in [9.17, 15) is 8.42 Å². The van der Waals surface area contributed by atoms with E-state index in [-0.39, 0.29) is 29.7 Å². The Morgan fingerprint density at radius 3 is 2.52 bits per heavy atom. The van der Waals surface area contributed by atoms with Gasteiger partial charge >= 0.3 is 0 Å². The quantitative estimate of drug-likeness (QED) is 0.317. The second-order valence-electron chi connectivity index (χ2n) is 6.57. The maximum atomic E-state index is 12.7. The van der Waals surface area contributed by atoms with Crippen LogP contribution in [0.15, 0.2) is 53.5 Å². The zero-order chi connectivity index (χ0) is 20.0. The lowest BCUT2D eigenvalue weighted by atomic mass is 10.1. The minimum atomic E-state index is -3.37. The Morgan fingerprint density at radius 2 is 1.79 bits per heavy atom. The largest absolute Gasteiger partial charge is 0.356 e. The maximum absolute atomic E-state index is 12.7. The Hall–Kier alpha value is -1.52. The fraction of sp³-hybridized carbons (Fsp3) is 0.350. The molecule has 0 radical (unpaired) electrons. The first-order valence-electron chi connectivity index (χ1n) is 9.27. The van der Waals surface area contributed by atoms with Crippen LogP contribution in [0.5, 0.6) is 0 Å². The topological polar surface area (TPSA) is 73.8 Å². The Morgan fingerprint density at radius 1 is 1.10 bits per heavy atom. The molecule has 2 aromatic rings. The second-order valence-corrected chi connectivity index (χ2v) is 9.02. The van der Waals surface area contributed by atoms with Gasteiger partial charge in [-0.1, -0.05) is 41.9 Å². The van der Waals surface area contributed by atoms with Gasteiger partial charge in [0.25, 0.3) is 0 Å². The summed E-state index contributed by atoms with van der Waals surface area (Å²) < 4.78 is 26.9. The number of halogens is 2. The number of nitrogens with zero attached hydrogens (tertiary/aromatic N) is 2. The molecule has 0 saturated heterocycles. The monoisotopic (exact) mass is 548 g/mol. The number of rotatable bonds is 7. The third-order valence-electron chi connectivity index (χ3n) is 4.68. The molecule has 0 atom stereocenters. The van der Waals surface area contributed by atoms with Gasteiger partial charge in [0.15, 0.2) is 5.96 Å². The average molecular weight is 549 g/mol. The molecule has 9 heteroatoms. The molecule has 0 aromatic heterocycles. The summed E-state index contributed by atoms with van der Waals surface area (Å²) in [7, 11) is -1.70. The number of anilines is 1. The molecule has 0 amide bonds. The second kappa shape index (κ2) is 11.0. The summed E-state index contributed by atoms with van der Waals surface area (Å²) >= 11 is 5.89. The van der Waals surface area contributed by atoms with Gasteiger partial charge in [0, 0.05) is 31.7 Å². The lowest BCUT2D eigenvalue weighted by Crippen LogP contribution is -2.42. The summed E-state index contributed by atoms with van der Waals surface area (Å²) in [5.74, 6) is 0.602. The predicted molar refractivity (Wildman–Crippen MR) is 131 cm³/mol. The van der Waals surface area contributed by atoms with Crippen molar-refractivity contribution in [2.75, 3.05) is 36.7 Å². The highest BCUT2D eigenvalue weighted by atomic mass is 127. The van der Waals surface area contributed by atoms with Gasteiger partial charge in [-0.25, -0.2) is 8.42 Å². The van der Waals surface area contributed by atoms with Crippen molar-refractivity contribution in [1.82, 2.24) is 10.6 Å². The van der Waals surface area contributed by atoms with Crippen molar-refractivity contribution in [3.8, 4) is 0 Å². The van der Waals surface area contributed by atoms with Crippen molar-refractivity contribution in [3.63, 3.8) is 0 Å². The lowest BCUT2D eigenvalue weighted by Gasteiger charge is -2.20. The number of para-hydroxylation sites is 1. The molecular weight excluding hydrogens is 523 g/mol. The summed E-state index contributed by atoms with van der Waals surface area (Å²) in [6.07, 6.45) is 1.58. The molecule has 2 N–H and O–H groups in total. The third kappa shape index (κ3) is 6.48. The summed E-state index contributed by atoms with van der Waals surface area (Å²) in [6.45, 7) is 1.49. The minimum absolute atomic E-state index is 0. The molecule has 158 valence electrons. The van der Waals surface area contributed by atoms with Gasteiger partial charge in [-0.15, -0.1) is 24.0 Å². The molecule has 29 heavy (non-hydrogen) atoms. The number of guanidine groups is 1. The zero-order valence-corrected chi connectivity index (χ0v) is 20.2. The lowest BCUT2D eigenvalue weighted by molar-refractivity contribution is 0.591. The first-order chi connectivity index (χ1) is 13.5. The summed E-state index contributed by atoms with van der Waals surface area (Å²) in [5.41, 5.74) is 3.05. The van der Waals surface area contributed by atoms with Crippen LogP contribution in [0.1, 0.15) is 11.1 Å². The smallest absolute Gasteiger partial charge is 0.236 e. The molecular formula is C20H26ClIN4O2S. The fourth-order valence-corrected chi connectivity index (χ4v) is 4.76. The minimum Gasteiger partial charge on any atom is -0.356 e. The highest BCUT2D eigenvalue weighted by Crippen LogP contribution is 2.29. The molecule has 1 heterocycles. The van der Waals surface area contributed by atoms with Gasteiger partial charge in [-0.2, -0.15) is 0 Å². The van der Waals surface area contributed by atoms with Crippen LogP contribution in [0.2, 0.25) is 5.02 Å². The molecule has 0 spiro atoms. The van der Waals surface area contributed by atoms with Crippen LogP contribution in [0.25, 0.3) is 0 Å².